The van der Waals surface area contributed by atoms with Crippen LogP contribution in [0.3, 0.4) is 0 Å². The lowest BCUT2D eigenvalue weighted by Gasteiger charge is -2.53. The third kappa shape index (κ3) is 2.27. The van der Waals surface area contributed by atoms with E-state index in [1.165, 1.54) is 27.8 Å². The number of rotatable bonds is 2. The predicted octanol–water partition coefficient (Wildman–Crippen LogP) is 5.11. The molecule has 0 atom stereocenters. The maximum absolute atomic E-state index is 7.51. The number of hydrogen-bond acceptors (Lipinski definition) is 1. The maximum atomic E-state index is 7.51. The molecular weight excluding hydrogens is 326 g/mol. The first-order chi connectivity index (χ1) is 12.3. The van der Waals surface area contributed by atoms with Gasteiger partial charge in [-0.3, -0.25) is 4.90 Å². The summed E-state index contributed by atoms with van der Waals surface area (Å²) in [7, 11) is 0. The van der Waals surface area contributed by atoms with Gasteiger partial charge in [0.2, 0.25) is 0 Å². The van der Waals surface area contributed by atoms with Gasteiger partial charge in [0, 0.05) is 12.6 Å². The van der Waals surface area contributed by atoms with E-state index in [1.54, 1.807) is 0 Å². The topological polar surface area (TPSA) is 3.24 Å². The lowest BCUT2D eigenvalue weighted by molar-refractivity contribution is 0.0876. The molecule has 2 aliphatic rings. The van der Waals surface area contributed by atoms with Gasteiger partial charge in [0.1, 0.15) is 5.00 Å². The van der Waals surface area contributed by atoms with Crippen LogP contribution in [0, 0.1) is 0 Å². The highest BCUT2D eigenvalue weighted by atomic mass is 35.5. The molecule has 0 aromatic heterocycles. The second kappa shape index (κ2) is 5.72. The zero-order valence-corrected chi connectivity index (χ0v) is 14.8. The van der Waals surface area contributed by atoms with Crippen LogP contribution in [0.2, 0.25) is 0 Å². The fourth-order valence-electron chi connectivity index (χ4n) is 4.57. The van der Waals surface area contributed by atoms with Crippen molar-refractivity contribution in [3.63, 3.8) is 0 Å². The fourth-order valence-corrected chi connectivity index (χ4v) is 5.13. The molecule has 2 bridgehead atoms. The summed E-state index contributed by atoms with van der Waals surface area (Å²) >= 11 is 7.51. The molecule has 0 aliphatic carbocycles. The zero-order chi connectivity index (χ0) is 16.9. The van der Waals surface area contributed by atoms with Crippen LogP contribution in [0.25, 0.3) is 0 Å². The van der Waals surface area contributed by atoms with Crippen LogP contribution in [0.5, 0.6) is 0 Å². The predicted molar refractivity (Wildman–Crippen MR) is 103 cm³/mol. The van der Waals surface area contributed by atoms with Gasteiger partial charge < -0.3 is 0 Å². The summed E-state index contributed by atoms with van der Waals surface area (Å²) in [6.07, 6.45) is 2.12. The van der Waals surface area contributed by atoms with E-state index in [9.17, 15) is 0 Å². The van der Waals surface area contributed by atoms with E-state index < -0.39 is 5.00 Å². The monoisotopic (exact) mass is 345 g/mol. The Kier molecular flexibility index (Phi) is 3.48. The summed E-state index contributed by atoms with van der Waals surface area (Å²) in [4.78, 5) is 1.93. The van der Waals surface area contributed by atoms with Crippen LogP contribution < -0.4 is 0 Å². The first-order valence-electron chi connectivity index (χ1n) is 8.93. The molecule has 1 nitrogen and oxygen atoms in total. The Morgan fingerprint density at radius 2 is 1.28 bits per heavy atom. The number of hydrogen-bond donors (Lipinski definition) is 0. The Hall–Kier alpha value is -2.09. The van der Waals surface area contributed by atoms with Gasteiger partial charge in [0.15, 0.2) is 0 Å². The quantitative estimate of drug-likeness (QED) is 0.461. The van der Waals surface area contributed by atoms with Crippen LogP contribution in [0.4, 0.5) is 0 Å². The zero-order valence-electron chi connectivity index (χ0n) is 14.0. The Morgan fingerprint density at radius 1 is 0.760 bits per heavy atom. The third-order valence-corrected chi connectivity index (χ3v) is 6.32. The lowest BCUT2D eigenvalue weighted by atomic mass is 9.76. The van der Waals surface area contributed by atoms with Crippen LogP contribution in [-0.2, 0) is 24.4 Å². The normalized spacial score (nSPS) is 24.4. The Bertz CT molecular complexity index is 869. The Balaban J connectivity index is 1.71. The molecule has 2 aliphatic heterocycles. The average molecular weight is 346 g/mol. The van der Waals surface area contributed by atoms with E-state index in [0.717, 1.165) is 19.4 Å². The second-order valence-corrected chi connectivity index (χ2v) is 7.66. The number of fused-ring (bicyclic) bond motifs is 6. The second-order valence-electron chi connectivity index (χ2n) is 7.11. The highest BCUT2D eigenvalue weighted by molar-refractivity contribution is 6.26. The van der Waals surface area contributed by atoms with Gasteiger partial charge in [-0.25, -0.2) is 0 Å². The molecule has 0 radical (unpaired) electrons. The highest BCUT2D eigenvalue weighted by Crippen LogP contribution is 2.51. The van der Waals surface area contributed by atoms with Crippen molar-refractivity contribution in [2.24, 2.45) is 0 Å². The van der Waals surface area contributed by atoms with Crippen molar-refractivity contribution in [2.75, 3.05) is 0 Å². The number of benzene rings is 3. The largest absolute Gasteiger partial charge is 0.269 e. The van der Waals surface area contributed by atoms with Crippen molar-refractivity contribution in [1.29, 1.82) is 0 Å². The van der Waals surface area contributed by atoms with E-state index in [1.807, 2.05) is 0 Å². The molecule has 0 saturated heterocycles. The van der Waals surface area contributed by atoms with Gasteiger partial charge in [-0.15, -0.1) is 0 Å². The molecule has 0 fully saturated rings. The van der Waals surface area contributed by atoms with Gasteiger partial charge in [-0.1, -0.05) is 90.5 Å². The highest BCUT2D eigenvalue weighted by Gasteiger charge is 2.50. The van der Waals surface area contributed by atoms with Crippen LogP contribution in [0.15, 0.2) is 78.9 Å². The van der Waals surface area contributed by atoms with Crippen molar-refractivity contribution in [3.8, 4) is 0 Å². The van der Waals surface area contributed by atoms with Crippen molar-refractivity contribution in [1.82, 2.24) is 4.90 Å². The molecule has 5 rings (SSSR count). The van der Waals surface area contributed by atoms with Crippen molar-refractivity contribution >= 4 is 11.6 Å². The van der Waals surface area contributed by atoms with Crippen molar-refractivity contribution in [3.05, 3.63) is 107 Å². The summed E-state index contributed by atoms with van der Waals surface area (Å²) < 4.78 is 0. The van der Waals surface area contributed by atoms with Gasteiger partial charge in [-0.2, -0.15) is 0 Å². The summed E-state index contributed by atoms with van der Waals surface area (Å²) in [6.45, 7) is 0.873. The van der Waals surface area contributed by atoms with E-state index in [-0.39, 0.29) is 0 Å². The summed E-state index contributed by atoms with van der Waals surface area (Å²) in [5.41, 5.74) is 6.59. The first kappa shape index (κ1) is 15.2. The van der Waals surface area contributed by atoms with Crippen molar-refractivity contribution in [2.45, 2.75) is 30.4 Å². The standard InChI is InChI=1S/C23H20ClN/c24-23-21-12-6-4-10-18(21)14-20(15-19-11-5-7-13-22(19)23)25(23)16-17-8-2-1-3-9-17/h1-13,20H,14-16H2. The average Bonchev–Trinajstić information content (AvgIpc) is 2.65. The van der Waals surface area contributed by atoms with E-state index in [0.29, 0.717) is 6.04 Å². The molecule has 124 valence electrons. The SMILES string of the molecule is ClC12c3ccccc3CC(Cc3ccccc31)N2Cc1ccccc1. The fraction of sp³-hybridized carbons (Fsp3) is 0.217. The van der Waals surface area contributed by atoms with E-state index in [4.69, 9.17) is 11.6 Å². The molecule has 25 heavy (non-hydrogen) atoms. The molecule has 0 N–H and O–H groups in total. The molecule has 0 amide bonds. The molecule has 3 aromatic carbocycles. The van der Waals surface area contributed by atoms with Crippen molar-refractivity contribution < 1.29 is 0 Å². The molecule has 2 heterocycles. The lowest BCUT2D eigenvalue weighted by Crippen LogP contribution is -2.56. The van der Waals surface area contributed by atoms with E-state index in [2.05, 4.69) is 83.8 Å². The molecule has 2 heteroatoms. The molecule has 0 unspecified atom stereocenters. The van der Waals surface area contributed by atoms with Gasteiger partial charge >= 0.3 is 0 Å². The molecular formula is C23H20ClN. The molecule has 0 saturated carbocycles. The molecule has 0 spiro atoms. The van der Waals surface area contributed by atoms with Crippen LogP contribution >= 0.6 is 11.6 Å². The minimum absolute atomic E-state index is 0.433. The van der Waals surface area contributed by atoms with E-state index >= 15 is 0 Å². The maximum Gasteiger partial charge on any atom is 0.148 e. The van der Waals surface area contributed by atoms with Gasteiger partial charge in [-0.05, 0) is 40.7 Å². The van der Waals surface area contributed by atoms with Crippen LogP contribution in [0.1, 0.15) is 27.8 Å². The summed E-state index contributed by atoms with van der Waals surface area (Å²) in [5, 5.41) is 0. The first-order valence-corrected chi connectivity index (χ1v) is 9.31. The number of alkyl halides is 1. The number of nitrogens with zero attached hydrogens (tertiary/aromatic N) is 1. The smallest absolute Gasteiger partial charge is 0.148 e. The Labute approximate surface area is 153 Å². The van der Waals surface area contributed by atoms with Gasteiger partial charge in [0.25, 0.3) is 0 Å². The summed E-state index contributed by atoms with van der Waals surface area (Å²) in [6, 6.07) is 28.5. The van der Waals surface area contributed by atoms with Crippen LogP contribution in [-0.4, -0.2) is 10.9 Å². The van der Waals surface area contributed by atoms with Gasteiger partial charge in [0.05, 0.1) is 0 Å². The molecule has 3 aromatic rings. The Morgan fingerprint density at radius 3 is 1.88 bits per heavy atom. The number of halogens is 1. The minimum Gasteiger partial charge on any atom is -0.269 e. The summed E-state index contributed by atoms with van der Waals surface area (Å²) in [5.74, 6) is 0. The third-order valence-electron chi connectivity index (χ3n) is 5.69. The minimum atomic E-state index is -0.579.